The Hall–Kier alpha value is -2.22. The summed E-state index contributed by atoms with van der Waals surface area (Å²) in [4.78, 5) is 10.5. The van der Waals surface area contributed by atoms with Crippen molar-refractivity contribution < 1.29 is 18.7 Å². The minimum atomic E-state index is -2.93. The molecule has 2 aliphatic rings. The highest BCUT2D eigenvalue weighted by molar-refractivity contribution is 6.08. The van der Waals surface area contributed by atoms with Crippen molar-refractivity contribution >= 4 is 17.2 Å². The number of aromatic nitrogens is 1. The summed E-state index contributed by atoms with van der Waals surface area (Å²) in [5.41, 5.74) is 2.23. The number of fused-ring (bicyclic) bond motifs is 3. The van der Waals surface area contributed by atoms with Gasteiger partial charge < -0.3 is 9.64 Å². The number of hydrogen-bond acceptors (Lipinski definition) is 6. The topological polar surface area (TPSA) is 61.2 Å². The number of aliphatic imine (C=N–C) groups is 1. The van der Waals surface area contributed by atoms with Crippen molar-refractivity contribution in [3.05, 3.63) is 23.7 Å². The highest BCUT2D eigenvalue weighted by Gasteiger charge is 2.33. The zero-order chi connectivity index (χ0) is 15.9. The lowest BCUT2D eigenvalue weighted by Crippen LogP contribution is -2.30. The molecule has 6 nitrogen and oxygen atoms in total. The molecule has 8 heteroatoms. The van der Waals surface area contributed by atoms with E-state index in [2.05, 4.69) is 14.7 Å². The lowest BCUT2D eigenvalue weighted by atomic mass is 10.1. The van der Waals surface area contributed by atoms with Crippen LogP contribution < -0.4 is 9.64 Å². The maximum Gasteiger partial charge on any atom is 0.387 e. The number of anilines is 1. The summed E-state index contributed by atoms with van der Waals surface area (Å²) in [5.74, 6) is 0.438. The van der Waals surface area contributed by atoms with Crippen molar-refractivity contribution in [2.45, 2.75) is 33.3 Å². The summed E-state index contributed by atoms with van der Waals surface area (Å²) in [7, 11) is 0. The number of nitrogens with zero attached hydrogens (tertiary/aromatic N) is 4. The zero-order valence-corrected chi connectivity index (χ0v) is 12.3. The molecule has 0 spiro atoms. The normalized spacial score (nSPS) is 16.5. The molecule has 118 valence electrons. The van der Waals surface area contributed by atoms with Crippen molar-refractivity contribution in [1.29, 1.82) is 0 Å². The van der Waals surface area contributed by atoms with Gasteiger partial charge in [0.15, 0.2) is 11.6 Å². The second-order valence-corrected chi connectivity index (χ2v) is 5.15. The first-order valence-corrected chi connectivity index (χ1v) is 6.98. The van der Waals surface area contributed by atoms with Gasteiger partial charge in [0, 0.05) is 11.8 Å². The van der Waals surface area contributed by atoms with Gasteiger partial charge in [-0.25, -0.2) is 15.0 Å². The predicted molar refractivity (Wildman–Crippen MR) is 76.7 cm³/mol. The third kappa shape index (κ3) is 2.39. The van der Waals surface area contributed by atoms with E-state index in [4.69, 9.17) is 0 Å². The van der Waals surface area contributed by atoms with Gasteiger partial charge in [0.1, 0.15) is 12.4 Å². The molecule has 0 unspecified atom stereocenters. The Morgan fingerprint density at radius 1 is 1.45 bits per heavy atom. The Morgan fingerprint density at radius 2 is 2.23 bits per heavy atom. The minimum Gasteiger partial charge on any atom is -0.432 e. The fraction of sp³-hybridized carbons (Fsp3) is 0.429. The quantitative estimate of drug-likeness (QED) is 0.925. The fourth-order valence-corrected chi connectivity index (χ4v) is 2.60. The van der Waals surface area contributed by atoms with Gasteiger partial charge in [-0.3, -0.25) is 5.21 Å². The van der Waals surface area contributed by atoms with Crippen molar-refractivity contribution in [2.75, 3.05) is 11.6 Å². The van der Waals surface area contributed by atoms with Crippen LogP contribution in [0.25, 0.3) is 0 Å². The Labute approximate surface area is 126 Å². The summed E-state index contributed by atoms with van der Waals surface area (Å²) in [5, 5.41) is 10.7. The third-order valence-electron chi connectivity index (χ3n) is 3.51. The summed E-state index contributed by atoms with van der Waals surface area (Å²) in [6.07, 6.45) is 4.54. The van der Waals surface area contributed by atoms with Crippen molar-refractivity contribution in [3.8, 4) is 5.75 Å². The van der Waals surface area contributed by atoms with E-state index in [0.29, 0.717) is 17.8 Å². The van der Waals surface area contributed by atoms with E-state index in [1.165, 1.54) is 6.20 Å². The average molecular weight is 310 g/mol. The van der Waals surface area contributed by atoms with Crippen LogP contribution in [0.5, 0.6) is 5.75 Å². The standard InChI is InChI=1S/C14H16F2N4O2/c1-3-4-9-10-6-19(21)7-20(10)13-11(18-9)12(22-14(15)16)8(2)5-17-13/h5-6,14,21H,3-4,7H2,1-2H3. The second kappa shape index (κ2) is 5.53. The van der Waals surface area contributed by atoms with Crippen LogP contribution in [0.15, 0.2) is 23.1 Å². The maximum absolute atomic E-state index is 12.7. The molecule has 22 heavy (non-hydrogen) atoms. The number of pyridine rings is 1. The second-order valence-electron chi connectivity index (χ2n) is 5.15. The highest BCUT2D eigenvalue weighted by atomic mass is 19.3. The molecular formula is C14H16F2N4O2. The number of hydrogen-bond donors (Lipinski definition) is 1. The van der Waals surface area contributed by atoms with Crippen molar-refractivity contribution in [1.82, 2.24) is 10.0 Å². The van der Waals surface area contributed by atoms with Crippen LogP contribution in [-0.2, 0) is 0 Å². The van der Waals surface area contributed by atoms with Crippen LogP contribution in [0.3, 0.4) is 0 Å². The lowest BCUT2D eigenvalue weighted by molar-refractivity contribution is -0.0499. The summed E-state index contributed by atoms with van der Waals surface area (Å²) in [6.45, 7) is 0.891. The molecule has 2 aliphatic heterocycles. The van der Waals surface area contributed by atoms with E-state index in [9.17, 15) is 14.0 Å². The number of alkyl halides is 2. The molecular weight excluding hydrogens is 294 g/mol. The molecule has 0 aromatic carbocycles. The van der Waals surface area contributed by atoms with Gasteiger partial charge in [-0.15, -0.1) is 0 Å². The summed E-state index contributed by atoms with van der Waals surface area (Å²) in [6, 6.07) is 0. The number of ether oxygens (including phenoxy) is 1. The van der Waals surface area contributed by atoms with Crippen LogP contribution >= 0.6 is 0 Å². The van der Waals surface area contributed by atoms with Crippen LogP contribution in [0.1, 0.15) is 25.3 Å². The van der Waals surface area contributed by atoms with E-state index in [-0.39, 0.29) is 18.1 Å². The first-order chi connectivity index (χ1) is 10.5. The first kappa shape index (κ1) is 14.7. The Balaban J connectivity index is 2.15. The highest BCUT2D eigenvalue weighted by Crippen LogP contribution is 2.45. The molecule has 0 amide bonds. The van der Waals surface area contributed by atoms with Gasteiger partial charge in [-0.1, -0.05) is 13.3 Å². The Morgan fingerprint density at radius 3 is 2.91 bits per heavy atom. The maximum atomic E-state index is 12.7. The van der Waals surface area contributed by atoms with Crippen LogP contribution in [0.4, 0.5) is 20.3 Å². The summed E-state index contributed by atoms with van der Waals surface area (Å²) >= 11 is 0. The van der Waals surface area contributed by atoms with E-state index < -0.39 is 6.61 Å². The van der Waals surface area contributed by atoms with Crippen LogP contribution in [0, 0.1) is 6.92 Å². The van der Waals surface area contributed by atoms with Crippen LogP contribution in [-0.4, -0.2) is 34.2 Å². The van der Waals surface area contributed by atoms with E-state index in [1.54, 1.807) is 18.0 Å². The molecule has 1 aromatic heterocycles. The van der Waals surface area contributed by atoms with E-state index >= 15 is 0 Å². The number of halogens is 2. The van der Waals surface area contributed by atoms with Gasteiger partial charge in [0.25, 0.3) is 0 Å². The van der Waals surface area contributed by atoms with E-state index in [1.807, 2.05) is 6.92 Å². The molecule has 1 N–H and O–H groups in total. The number of aryl methyl sites for hydroxylation is 1. The van der Waals surface area contributed by atoms with Gasteiger partial charge in [0.05, 0.1) is 17.6 Å². The van der Waals surface area contributed by atoms with E-state index in [0.717, 1.165) is 22.9 Å². The smallest absolute Gasteiger partial charge is 0.387 e. The molecule has 3 heterocycles. The molecule has 0 saturated carbocycles. The number of allylic oxidation sites excluding steroid dienone is 1. The molecule has 0 saturated heterocycles. The third-order valence-corrected chi connectivity index (χ3v) is 3.51. The van der Waals surface area contributed by atoms with Gasteiger partial charge in [-0.2, -0.15) is 8.78 Å². The average Bonchev–Trinajstić information content (AvgIpc) is 2.84. The largest absolute Gasteiger partial charge is 0.432 e. The van der Waals surface area contributed by atoms with Crippen molar-refractivity contribution in [2.24, 2.45) is 4.99 Å². The van der Waals surface area contributed by atoms with Gasteiger partial charge >= 0.3 is 6.61 Å². The van der Waals surface area contributed by atoms with Gasteiger partial charge in [-0.05, 0) is 13.3 Å². The fourth-order valence-electron chi connectivity index (χ4n) is 2.60. The molecule has 0 fully saturated rings. The molecule has 0 atom stereocenters. The molecule has 0 bridgehead atoms. The Bertz CT molecular complexity index is 660. The monoisotopic (exact) mass is 310 g/mol. The number of rotatable bonds is 4. The number of hydroxylamine groups is 2. The van der Waals surface area contributed by atoms with Crippen LogP contribution in [0.2, 0.25) is 0 Å². The molecule has 0 aliphatic carbocycles. The zero-order valence-electron chi connectivity index (χ0n) is 12.3. The first-order valence-electron chi connectivity index (χ1n) is 6.98. The van der Waals surface area contributed by atoms with Gasteiger partial charge in [0.2, 0.25) is 0 Å². The molecule has 1 aromatic rings. The minimum absolute atomic E-state index is 0.0315. The van der Waals surface area contributed by atoms with Crippen molar-refractivity contribution in [3.63, 3.8) is 0 Å². The molecule has 0 radical (unpaired) electrons. The summed E-state index contributed by atoms with van der Waals surface area (Å²) < 4.78 is 30.0. The molecule has 3 rings (SSSR count). The Kier molecular flexibility index (Phi) is 3.69. The predicted octanol–water partition coefficient (Wildman–Crippen LogP) is 3.19. The lowest BCUT2D eigenvalue weighted by Gasteiger charge is -2.28. The SMILES string of the molecule is CCCC1=Nc2c(ncc(C)c2OC(F)F)N2CN(O)C=C12.